The molecule has 0 saturated carbocycles. The Morgan fingerprint density at radius 2 is 2.27 bits per heavy atom. The van der Waals surface area contributed by atoms with Gasteiger partial charge in [-0.1, -0.05) is 11.6 Å². The van der Waals surface area contributed by atoms with E-state index < -0.39 is 0 Å². The molecule has 9 heteroatoms. The van der Waals surface area contributed by atoms with Crippen molar-refractivity contribution in [1.82, 2.24) is 4.98 Å². The summed E-state index contributed by atoms with van der Waals surface area (Å²) >= 11 is 7.34. The molecule has 1 amide bonds. The van der Waals surface area contributed by atoms with Gasteiger partial charge in [0.2, 0.25) is 12.7 Å². The van der Waals surface area contributed by atoms with E-state index >= 15 is 0 Å². The molecule has 1 aliphatic heterocycles. The number of thiazole rings is 1. The predicted octanol–water partition coefficient (Wildman–Crippen LogP) is 3.28. The summed E-state index contributed by atoms with van der Waals surface area (Å²) in [7, 11) is 0. The fraction of sp³-hybridized carbons (Fsp3) is 0.235. The van der Waals surface area contributed by atoms with Gasteiger partial charge in [0.25, 0.3) is 0 Å². The highest BCUT2D eigenvalue weighted by Gasteiger charge is 2.17. The highest BCUT2D eigenvalue weighted by Crippen LogP contribution is 2.40. The van der Waals surface area contributed by atoms with Crippen molar-refractivity contribution >= 4 is 46.0 Å². The largest absolute Gasteiger partial charge is 0.466 e. The van der Waals surface area contributed by atoms with Gasteiger partial charge in [-0.3, -0.25) is 14.9 Å². The Labute approximate surface area is 158 Å². The van der Waals surface area contributed by atoms with Crippen LogP contribution in [0.15, 0.2) is 23.6 Å². The smallest absolute Gasteiger partial charge is 0.311 e. The van der Waals surface area contributed by atoms with Gasteiger partial charge in [-0.15, -0.1) is 11.3 Å². The molecule has 2 aromatic rings. The molecule has 136 valence electrons. The van der Waals surface area contributed by atoms with Crippen LogP contribution >= 0.6 is 22.9 Å². The zero-order valence-electron chi connectivity index (χ0n) is 13.8. The number of nitrogens with one attached hydrogen (secondary N) is 1. The number of hydrogen-bond donors (Lipinski definition) is 1. The molecule has 2 heterocycles. The van der Waals surface area contributed by atoms with E-state index in [-0.39, 0.29) is 25.1 Å². The predicted molar refractivity (Wildman–Crippen MR) is 97.7 cm³/mol. The Morgan fingerprint density at radius 3 is 3.08 bits per heavy atom. The topological polar surface area (TPSA) is 86.8 Å². The summed E-state index contributed by atoms with van der Waals surface area (Å²) in [5.74, 6) is 0.345. The molecule has 0 atom stereocenters. The summed E-state index contributed by atoms with van der Waals surface area (Å²) < 4.78 is 15.4. The molecule has 26 heavy (non-hydrogen) atoms. The van der Waals surface area contributed by atoms with Crippen molar-refractivity contribution in [2.75, 3.05) is 18.7 Å². The summed E-state index contributed by atoms with van der Waals surface area (Å²) in [5, 5.41) is 5.17. The van der Waals surface area contributed by atoms with Gasteiger partial charge in [-0.05, 0) is 30.7 Å². The molecule has 0 aliphatic carbocycles. The van der Waals surface area contributed by atoms with Crippen molar-refractivity contribution in [3.63, 3.8) is 0 Å². The molecule has 1 N–H and O–H groups in total. The number of carbonyl (C=O) groups excluding carboxylic acids is 2. The average Bonchev–Trinajstić information content (AvgIpc) is 3.23. The van der Waals surface area contributed by atoms with E-state index in [4.69, 9.17) is 25.8 Å². The first kappa shape index (κ1) is 18.2. The van der Waals surface area contributed by atoms with Gasteiger partial charge in [0.15, 0.2) is 16.6 Å². The van der Waals surface area contributed by atoms with Gasteiger partial charge in [-0.25, -0.2) is 4.98 Å². The second-order valence-electron chi connectivity index (χ2n) is 5.18. The lowest BCUT2D eigenvalue weighted by atomic mass is 10.2. The van der Waals surface area contributed by atoms with Crippen LogP contribution in [-0.4, -0.2) is 30.3 Å². The highest BCUT2D eigenvalue weighted by molar-refractivity contribution is 7.14. The molecule has 1 aliphatic rings. The standard InChI is InChI=1S/C17H15ClN2O5S/c1-2-23-15(22)7-11-8-26-17(19-11)20-14(21)4-3-10-5-12(18)16-13(6-10)24-9-25-16/h3-6,8H,2,7,9H2,1H3,(H,19,20,21)/b4-3+. The number of carbonyl (C=O) groups is 2. The number of benzene rings is 1. The number of rotatable bonds is 6. The van der Waals surface area contributed by atoms with E-state index in [1.165, 1.54) is 17.4 Å². The molecule has 1 aromatic carbocycles. The van der Waals surface area contributed by atoms with Crippen molar-refractivity contribution in [2.24, 2.45) is 0 Å². The Hall–Kier alpha value is -2.58. The van der Waals surface area contributed by atoms with E-state index in [2.05, 4.69) is 10.3 Å². The second kappa shape index (κ2) is 8.20. The van der Waals surface area contributed by atoms with E-state index in [9.17, 15) is 9.59 Å². The number of aromatic nitrogens is 1. The molecule has 0 saturated heterocycles. The van der Waals surface area contributed by atoms with Gasteiger partial charge in [0.1, 0.15) is 0 Å². The molecule has 0 radical (unpaired) electrons. The third-order valence-corrected chi connectivity index (χ3v) is 4.38. The van der Waals surface area contributed by atoms with E-state index in [0.717, 1.165) is 0 Å². The van der Waals surface area contributed by atoms with Crippen LogP contribution in [0, 0.1) is 0 Å². The minimum Gasteiger partial charge on any atom is -0.466 e. The van der Waals surface area contributed by atoms with Crippen LogP contribution in [-0.2, 0) is 20.7 Å². The number of hydrogen-bond acceptors (Lipinski definition) is 7. The third-order valence-electron chi connectivity index (χ3n) is 3.29. The number of nitrogens with zero attached hydrogens (tertiary/aromatic N) is 1. The maximum absolute atomic E-state index is 12.0. The van der Waals surface area contributed by atoms with E-state index in [0.29, 0.717) is 39.5 Å². The molecule has 1 aromatic heterocycles. The number of fused-ring (bicyclic) bond motifs is 1. The lowest BCUT2D eigenvalue weighted by molar-refractivity contribution is -0.142. The van der Waals surface area contributed by atoms with Crippen LogP contribution < -0.4 is 14.8 Å². The fourth-order valence-corrected chi connectivity index (χ4v) is 3.19. The maximum atomic E-state index is 12.0. The zero-order chi connectivity index (χ0) is 18.5. The second-order valence-corrected chi connectivity index (χ2v) is 6.45. The molecular formula is C17H15ClN2O5S. The minimum absolute atomic E-state index is 0.0751. The lowest BCUT2D eigenvalue weighted by Gasteiger charge is -2.01. The van der Waals surface area contributed by atoms with Crippen LogP contribution in [0.25, 0.3) is 6.08 Å². The van der Waals surface area contributed by atoms with Crippen LogP contribution in [0.2, 0.25) is 5.02 Å². The highest BCUT2D eigenvalue weighted by atomic mass is 35.5. The van der Waals surface area contributed by atoms with Gasteiger partial charge < -0.3 is 14.2 Å². The van der Waals surface area contributed by atoms with Crippen molar-refractivity contribution in [2.45, 2.75) is 13.3 Å². The number of amides is 1. The molecule has 0 fully saturated rings. The molecule has 0 bridgehead atoms. The summed E-state index contributed by atoms with van der Waals surface area (Å²) in [5.41, 5.74) is 1.26. The summed E-state index contributed by atoms with van der Waals surface area (Å²) in [6.07, 6.45) is 3.04. The van der Waals surface area contributed by atoms with Crippen molar-refractivity contribution in [3.8, 4) is 11.5 Å². The van der Waals surface area contributed by atoms with Gasteiger partial charge in [-0.2, -0.15) is 0 Å². The fourth-order valence-electron chi connectivity index (χ4n) is 2.21. The maximum Gasteiger partial charge on any atom is 0.311 e. The molecule has 0 unspecified atom stereocenters. The molecule has 3 rings (SSSR count). The lowest BCUT2D eigenvalue weighted by Crippen LogP contribution is -2.09. The van der Waals surface area contributed by atoms with E-state index in [1.54, 1.807) is 30.5 Å². The first-order valence-corrected chi connectivity index (χ1v) is 8.99. The molecule has 7 nitrogen and oxygen atoms in total. The number of ether oxygens (including phenoxy) is 3. The number of halogens is 1. The SMILES string of the molecule is CCOC(=O)Cc1csc(NC(=O)/C=C/c2cc(Cl)c3c(c2)OCO3)n1. The van der Waals surface area contributed by atoms with E-state index in [1.807, 2.05) is 0 Å². The summed E-state index contributed by atoms with van der Waals surface area (Å²) in [6, 6.07) is 3.42. The zero-order valence-corrected chi connectivity index (χ0v) is 15.4. The molecular weight excluding hydrogens is 380 g/mol. The van der Waals surface area contributed by atoms with Crippen molar-refractivity contribution in [3.05, 3.63) is 39.9 Å². The number of esters is 1. The average molecular weight is 395 g/mol. The first-order chi connectivity index (χ1) is 12.5. The Kier molecular flexibility index (Phi) is 5.75. The van der Waals surface area contributed by atoms with Crippen LogP contribution in [0.5, 0.6) is 11.5 Å². The monoisotopic (exact) mass is 394 g/mol. The summed E-state index contributed by atoms with van der Waals surface area (Å²) in [4.78, 5) is 27.6. The normalized spacial score (nSPS) is 12.4. The third kappa shape index (κ3) is 4.53. The first-order valence-electron chi connectivity index (χ1n) is 7.73. The van der Waals surface area contributed by atoms with Gasteiger partial charge in [0.05, 0.1) is 23.7 Å². The Bertz CT molecular complexity index is 865. The van der Waals surface area contributed by atoms with Gasteiger partial charge in [0, 0.05) is 11.5 Å². The van der Waals surface area contributed by atoms with Crippen molar-refractivity contribution < 1.29 is 23.8 Å². The minimum atomic E-state index is -0.352. The van der Waals surface area contributed by atoms with Crippen LogP contribution in [0.1, 0.15) is 18.2 Å². The van der Waals surface area contributed by atoms with Gasteiger partial charge >= 0.3 is 5.97 Å². The van der Waals surface area contributed by atoms with Crippen molar-refractivity contribution in [1.29, 1.82) is 0 Å². The molecule has 0 spiro atoms. The number of anilines is 1. The Balaban J connectivity index is 1.59. The quantitative estimate of drug-likeness (QED) is 0.597. The summed E-state index contributed by atoms with van der Waals surface area (Å²) in [6.45, 7) is 2.19. The Morgan fingerprint density at radius 1 is 1.42 bits per heavy atom. The van der Waals surface area contributed by atoms with Crippen LogP contribution in [0.4, 0.5) is 5.13 Å². The van der Waals surface area contributed by atoms with Crippen LogP contribution in [0.3, 0.4) is 0 Å².